The quantitative estimate of drug-likeness (QED) is 0.632. The first-order valence-electron chi connectivity index (χ1n) is 10.1. The van der Waals surface area contributed by atoms with E-state index in [4.69, 9.17) is 4.74 Å². The molecule has 0 bridgehead atoms. The molecule has 0 radical (unpaired) electrons. The molecule has 148 valence electrons. The summed E-state index contributed by atoms with van der Waals surface area (Å²) in [5, 5.41) is 3.55. The highest BCUT2D eigenvalue weighted by Crippen LogP contribution is 2.38. The molecule has 27 heavy (non-hydrogen) atoms. The van der Waals surface area contributed by atoms with E-state index in [0.29, 0.717) is 5.41 Å². The van der Waals surface area contributed by atoms with Crippen LogP contribution in [0.4, 0.5) is 5.82 Å². The van der Waals surface area contributed by atoms with Crippen molar-refractivity contribution in [2.45, 2.75) is 19.4 Å². The largest absolute Gasteiger partial charge is 0.381 e. The minimum atomic E-state index is 0.350. The van der Waals surface area contributed by atoms with Crippen LogP contribution in [0.3, 0.4) is 0 Å². The highest BCUT2D eigenvalue weighted by molar-refractivity contribution is 5.80. The number of likely N-dealkylation sites (tertiary alicyclic amines) is 1. The van der Waals surface area contributed by atoms with E-state index >= 15 is 0 Å². The van der Waals surface area contributed by atoms with Gasteiger partial charge in [0.05, 0.1) is 6.61 Å². The van der Waals surface area contributed by atoms with Gasteiger partial charge in [0.15, 0.2) is 5.96 Å². The molecule has 0 saturated carbocycles. The molecule has 7 heteroatoms. The van der Waals surface area contributed by atoms with E-state index in [1.165, 1.54) is 18.4 Å². The topological polar surface area (TPSA) is 56.2 Å². The number of nitrogens with zero attached hydrogens (tertiary/aromatic N) is 5. The molecule has 3 saturated heterocycles. The Balaban J connectivity index is 1.34. The van der Waals surface area contributed by atoms with Gasteiger partial charge in [-0.1, -0.05) is 0 Å². The Morgan fingerprint density at radius 2 is 2.11 bits per heavy atom. The van der Waals surface area contributed by atoms with E-state index in [2.05, 4.69) is 49.2 Å². The number of piperazine rings is 1. The van der Waals surface area contributed by atoms with E-state index in [1.807, 2.05) is 13.2 Å². The average molecular weight is 373 g/mol. The van der Waals surface area contributed by atoms with Gasteiger partial charge in [0.2, 0.25) is 0 Å². The number of pyridine rings is 1. The van der Waals surface area contributed by atoms with Crippen molar-refractivity contribution >= 4 is 11.8 Å². The standard InChI is InChI=1S/C20H32N6O/c1-21-19(26-7-4-20(15-26)5-12-27-16-20)23-14-17-3-6-22-18(13-17)25-10-8-24(2)9-11-25/h3,6,13H,4-5,7-12,14-16H2,1-2H3,(H,21,23). The van der Waals surface area contributed by atoms with Gasteiger partial charge in [-0.15, -0.1) is 0 Å². The molecule has 1 spiro atoms. The van der Waals surface area contributed by atoms with Crippen LogP contribution in [0.25, 0.3) is 0 Å². The smallest absolute Gasteiger partial charge is 0.193 e. The predicted molar refractivity (Wildman–Crippen MR) is 108 cm³/mol. The molecule has 1 N–H and O–H groups in total. The third-order valence-corrected chi connectivity index (χ3v) is 6.22. The summed E-state index contributed by atoms with van der Waals surface area (Å²) < 4.78 is 5.65. The van der Waals surface area contributed by atoms with Gasteiger partial charge < -0.3 is 24.8 Å². The van der Waals surface area contributed by atoms with Crippen LogP contribution in [0.1, 0.15) is 18.4 Å². The molecule has 7 nitrogen and oxygen atoms in total. The molecule has 0 aromatic carbocycles. The number of nitrogens with one attached hydrogen (secondary N) is 1. The van der Waals surface area contributed by atoms with E-state index in [1.54, 1.807) is 0 Å². The van der Waals surface area contributed by atoms with Gasteiger partial charge in [-0.3, -0.25) is 4.99 Å². The minimum Gasteiger partial charge on any atom is -0.381 e. The monoisotopic (exact) mass is 372 g/mol. The Bertz CT molecular complexity index is 664. The first-order chi connectivity index (χ1) is 13.2. The maximum absolute atomic E-state index is 5.65. The van der Waals surface area contributed by atoms with Crippen LogP contribution in [0.2, 0.25) is 0 Å². The predicted octanol–water partition coefficient (Wildman–Crippen LogP) is 1.02. The fourth-order valence-corrected chi connectivity index (χ4v) is 4.38. The van der Waals surface area contributed by atoms with Crippen LogP contribution < -0.4 is 10.2 Å². The zero-order chi connectivity index (χ0) is 18.7. The summed E-state index contributed by atoms with van der Waals surface area (Å²) in [7, 11) is 4.05. The molecule has 3 aliphatic rings. The second-order valence-corrected chi connectivity index (χ2v) is 8.19. The second kappa shape index (κ2) is 8.02. The van der Waals surface area contributed by atoms with Crippen molar-refractivity contribution in [3.63, 3.8) is 0 Å². The number of aromatic nitrogens is 1. The number of guanidine groups is 1. The summed E-state index contributed by atoms with van der Waals surface area (Å²) >= 11 is 0. The third-order valence-electron chi connectivity index (χ3n) is 6.22. The normalized spacial score (nSPS) is 27.0. The number of hydrogen-bond donors (Lipinski definition) is 1. The lowest BCUT2D eigenvalue weighted by molar-refractivity contribution is 0.156. The first kappa shape index (κ1) is 18.5. The van der Waals surface area contributed by atoms with Gasteiger partial charge in [0, 0.05) is 71.1 Å². The van der Waals surface area contributed by atoms with Crippen molar-refractivity contribution in [3.8, 4) is 0 Å². The molecule has 3 aliphatic heterocycles. The van der Waals surface area contributed by atoms with Crippen LogP contribution in [0.15, 0.2) is 23.3 Å². The molecular formula is C20H32N6O. The zero-order valence-corrected chi connectivity index (χ0v) is 16.7. The van der Waals surface area contributed by atoms with Gasteiger partial charge in [-0.05, 0) is 37.6 Å². The summed E-state index contributed by atoms with van der Waals surface area (Å²) in [5.74, 6) is 2.08. The summed E-state index contributed by atoms with van der Waals surface area (Å²) in [6.45, 7) is 8.97. The van der Waals surface area contributed by atoms with Crippen LogP contribution in [-0.2, 0) is 11.3 Å². The Morgan fingerprint density at radius 1 is 1.26 bits per heavy atom. The number of ether oxygens (including phenoxy) is 1. The summed E-state index contributed by atoms with van der Waals surface area (Å²) in [5.41, 5.74) is 1.60. The van der Waals surface area contributed by atoms with Crippen LogP contribution in [-0.4, -0.2) is 87.3 Å². The van der Waals surface area contributed by atoms with Crippen molar-refractivity contribution in [1.82, 2.24) is 20.1 Å². The van der Waals surface area contributed by atoms with E-state index in [9.17, 15) is 0 Å². The molecule has 0 amide bonds. The molecular weight excluding hydrogens is 340 g/mol. The number of aliphatic imine (C=N–C) groups is 1. The SMILES string of the molecule is CN=C(NCc1ccnc(N2CCN(C)CC2)c1)N1CCC2(CCOC2)C1. The Morgan fingerprint density at radius 3 is 2.85 bits per heavy atom. The van der Waals surface area contributed by atoms with Crippen molar-refractivity contribution in [3.05, 3.63) is 23.9 Å². The molecule has 3 fully saturated rings. The first-order valence-corrected chi connectivity index (χ1v) is 10.1. The molecule has 1 unspecified atom stereocenters. The van der Waals surface area contributed by atoms with Gasteiger partial charge in [0.25, 0.3) is 0 Å². The van der Waals surface area contributed by atoms with Crippen LogP contribution >= 0.6 is 0 Å². The lowest BCUT2D eigenvalue weighted by Crippen LogP contribution is -2.44. The summed E-state index contributed by atoms with van der Waals surface area (Å²) in [4.78, 5) is 16.2. The maximum atomic E-state index is 5.65. The van der Waals surface area contributed by atoms with Crippen LogP contribution in [0.5, 0.6) is 0 Å². The van der Waals surface area contributed by atoms with Crippen molar-refractivity contribution in [1.29, 1.82) is 0 Å². The Labute approximate surface area is 162 Å². The second-order valence-electron chi connectivity index (χ2n) is 8.19. The highest BCUT2D eigenvalue weighted by atomic mass is 16.5. The molecule has 1 atom stereocenters. The lowest BCUT2D eigenvalue weighted by Gasteiger charge is -2.33. The minimum absolute atomic E-state index is 0.350. The highest BCUT2D eigenvalue weighted by Gasteiger charge is 2.42. The zero-order valence-electron chi connectivity index (χ0n) is 16.7. The Kier molecular flexibility index (Phi) is 5.50. The van der Waals surface area contributed by atoms with E-state index < -0.39 is 0 Å². The molecule has 0 aliphatic carbocycles. The average Bonchev–Trinajstić information content (AvgIpc) is 3.33. The molecule has 4 heterocycles. The summed E-state index contributed by atoms with van der Waals surface area (Å²) in [6.07, 6.45) is 4.31. The van der Waals surface area contributed by atoms with E-state index in [-0.39, 0.29) is 0 Å². The lowest BCUT2D eigenvalue weighted by atomic mass is 9.87. The van der Waals surface area contributed by atoms with Gasteiger partial charge in [-0.25, -0.2) is 4.98 Å². The van der Waals surface area contributed by atoms with Crippen molar-refractivity contribution in [2.24, 2.45) is 10.4 Å². The molecule has 1 aromatic rings. The van der Waals surface area contributed by atoms with E-state index in [0.717, 1.165) is 70.8 Å². The molecule has 1 aromatic heterocycles. The van der Waals surface area contributed by atoms with Crippen molar-refractivity contribution in [2.75, 3.05) is 71.5 Å². The number of hydrogen-bond acceptors (Lipinski definition) is 5. The van der Waals surface area contributed by atoms with Crippen LogP contribution in [0, 0.1) is 5.41 Å². The van der Waals surface area contributed by atoms with Gasteiger partial charge >= 0.3 is 0 Å². The Hall–Kier alpha value is -1.86. The third kappa shape index (κ3) is 4.19. The molecule has 4 rings (SSSR count). The van der Waals surface area contributed by atoms with Gasteiger partial charge in [0.1, 0.15) is 5.82 Å². The fraction of sp³-hybridized carbons (Fsp3) is 0.700. The maximum Gasteiger partial charge on any atom is 0.193 e. The number of anilines is 1. The van der Waals surface area contributed by atoms with Gasteiger partial charge in [-0.2, -0.15) is 0 Å². The summed E-state index contributed by atoms with van der Waals surface area (Å²) in [6, 6.07) is 4.30. The number of likely N-dealkylation sites (N-methyl/N-ethyl adjacent to an activating group) is 1. The number of rotatable bonds is 3. The fourth-order valence-electron chi connectivity index (χ4n) is 4.38. The van der Waals surface area contributed by atoms with Crippen molar-refractivity contribution < 1.29 is 4.74 Å².